The number of aromatic nitrogens is 3. The van der Waals surface area contributed by atoms with E-state index >= 15 is 0 Å². The Labute approximate surface area is 146 Å². The Morgan fingerprint density at radius 3 is 2.92 bits per heavy atom. The molecule has 1 unspecified atom stereocenters. The van der Waals surface area contributed by atoms with Crippen molar-refractivity contribution in [3.8, 4) is 0 Å². The Morgan fingerprint density at radius 1 is 1.28 bits per heavy atom. The Kier molecular flexibility index (Phi) is 4.19. The number of carbonyl (C=O) groups is 1. The second-order valence-corrected chi connectivity index (χ2v) is 6.51. The molecule has 0 bridgehead atoms. The smallest absolute Gasteiger partial charge is 0.280 e. The molecule has 6 nitrogen and oxygen atoms in total. The van der Waals surface area contributed by atoms with Crippen molar-refractivity contribution < 1.29 is 4.79 Å². The number of carbonyl (C=O) groups excluding carboxylic acids is 1. The van der Waals surface area contributed by atoms with Crippen LogP contribution < -0.4 is 10.2 Å². The van der Waals surface area contributed by atoms with E-state index in [-0.39, 0.29) is 5.91 Å². The Morgan fingerprint density at radius 2 is 2.12 bits per heavy atom. The first kappa shape index (κ1) is 15.8. The van der Waals surface area contributed by atoms with Crippen molar-refractivity contribution in [1.29, 1.82) is 0 Å². The summed E-state index contributed by atoms with van der Waals surface area (Å²) in [6, 6.07) is 14.5. The monoisotopic (exact) mass is 335 g/mol. The minimum absolute atomic E-state index is 0.152. The number of hydrogen-bond donors (Lipinski definition) is 1. The van der Waals surface area contributed by atoms with Crippen molar-refractivity contribution in [1.82, 2.24) is 20.3 Å². The van der Waals surface area contributed by atoms with Crippen LogP contribution in [0.2, 0.25) is 0 Å². The molecule has 2 heterocycles. The topological polar surface area (TPSA) is 63.1 Å². The zero-order chi connectivity index (χ0) is 17.2. The molecule has 3 aromatic rings. The summed E-state index contributed by atoms with van der Waals surface area (Å²) in [5.41, 5.74) is 1.21. The summed E-state index contributed by atoms with van der Waals surface area (Å²) in [7, 11) is 1.77. The van der Waals surface area contributed by atoms with E-state index in [0.717, 1.165) is 36.0 Å². The number of nitrogens with zero attached hydrogens (tertiary/aromatic N) is 4. The van der Waals surface area contributed by atoms with E-state index in [1.807, 2.05) is 36.4 Å². The molecule has 1 aliphatic heterocycles. The van der Waals surface area contributed by atoms with E-state index < -0.39 is 0 Å². The van der Waals surface area contributed by atoms with Crippen LogP contribution in [0.15, 0.2) is 48.7 Å². The van der Waals surface area contributed by atoms with Gasteiger partial charge >= 0.3 is 0 Å². The van der Waals surface area contributed by atoms with Gasteiger partial charge in [-0.1, -0.05) is 35.5 Å². The molecule has 0 radical (unpaired) electrons. The van der Waals surface area contributed by atoms with Crippen LogP contribution in [0.4, 0.5) is 5.69 Å². The van der Waals surface area contributed by atoms with E-state index in [1.165, 1.54) is 6.42 Å². The van der Waals surface area contributed by atoms with E-state index in [9.17, 15) is 4.79 Å². The molecule has 1 atom stereocenters. The zero-order valence-electron chi connectivity index (χ0n) is 14.2. The second-order valence-electron chi connectivity index (χ2n) is 6.51. The number of anilines is 1. The SMILES string of the molecule is CN(C(=O)c1cn(CC2CCCN2)nn1)c1ccc2ccccc2c1. The van der Waals surface area contributed by atoms with Crippen LogP contribution in [0.1, 0.15) is 23.3 Å². The third kappa shape index (κ3) is 3.25. The number of fused-ring (bicyclic) bond motifs is 1. The third-order valence-electron chi connectivity index (χ3n) is 4.75. The quantitative estimate of drug-likeness (QED) is 0.795. The van der Waals surface area contributed by atoms with Gasteiger partial charge in [-0.25, -0.2) is 0 Å². The number of rotatable bonds is 4. The maximum Gasteiger partial charge on any atom is 0.280 e. The maximum absolute atomic E-state index is 12.7. The minimum atomic E-state index is -0.152. The average molecular weight is 335 g/mol. The minimum Gasteiger partial charge on any atom is -0.312 e. The van der Waals surface area contributed by atoms with Crippen molar-refractivity contribution in [2.24, 2.45) is 0 Å². The molecule has 6 heteroatoms. The predicted molar refractivity (Wildman–Crippen MR) is 97.7 cm³/mol. The highest BCUT2D eigenvalue weighted by molar-refractivity contribution is 6.05. The molecule has 1 aromatic heterocycles. The third-order valence-corrected chi connectivity index (χ3v) is 4.75. The van der Waals surface area contributed by atoms with Crippen LogP contribution in [0.25, 0.3) is 10.8 Å². The average Bonchev–Trinajstić information content (AvgIpc) is 3.32. The molecule has 25 heavy (non-hydrogen) atoms. The van der Waals surface area contributed by atoms with Gasteiger partial charge in [0.05, 0.1) is 12.7 Å². The Balaban J connectivity index is 1.51. The summed E-state index contributed by atoms with van der Waals surface area (Å²) in [5.74, 6) is -0.152. The van der Waals surface area contributed by atoms with Gasteiger partial charge in [-0.2, -0.15) is 0 Å². The molecule has 1 saturated heterocycles. The van der Waals surface area contributed by atoms with Crippen molar-refractivity contribution in [3.05, 3.63) is 54.4 Å². The van der Waals surface area contributed by atoms with Gasteiger partial charge in [0.25, 0.3) is 5.91 Å². The molecule has 1 amide bonds. The normalized spacial score (nSPS) is 17.1. The number of nitrogens with one attached hydrogen (secondary N) is 1. The van der Waals surface area contributed by atoms with Crippen molar-refractivity contribution in [3.63, 3.8) is 0 Å². The molecule has 2 aromatic carbocycles. The molecule has 1 aliphatic rings. The van der Waals surface area contributed by atoms with E-state index in [4.69, 9.17) is 0 Å². The first-order valence-electron chi connectivity index (χ1n) is 8.61. The van der Waals surface area contributed by atoms with E-state index in [0.29, 0.717) is 11.7 Å². The maximum atomic E-state index is 12.7. The van der Waals surface area contributed by atoms with Gasteiger partial charge in [0.15, 0.2) is 5.69 Å². The van der Waals surface area contributed by atoms with Crippen molar-refractivity contribution in [2.45, 2.75) is 25.4 Å². The summed E-state index contributed by atoms with van der Waals surface area (Å²) in [6.45, 7) is 1.80. The van der Waals surface area contributed by atoms with Crippen LogP contribution in [0.3, 0.4) is 0 Å². The summed E-state index contributed by atoms with van der Waals surface area (Å²) in [5, 5.41) is 13.9. The van der Waals surface area contributed by atoms with E-state index in [1.54, 1.807) is 22.8 Å². The number of amides is 1. The fraction of sp³-hybridized carbons (Fsp3) is 0.316. The van der Waals surface area contributed by atoms with Gasteiger partial charge in [0.2, 0.25) is 0 Å². The standard InChI is InChI=1S/C19H21N5O/c1-23(17-9-8-14-5-2-3-6-15(14)11-17)19(25)18-13-24(22-21-18)12-16-7-4-10-20-16/h2-3,5-6,8-9,11,13,16,20H,4,7,10,12H2,1H3. The van der Waals surface area contributed by atoms with Gasteiger partial charge in [-0.05, 0) is 42.3 Å². The van der Waals surface area contributed by atoms with Crippen LogP contribution in [0.5, 0.6) is 0 Å². The van der Waals surface area contributed by atoms with Gasteiger partial charge in [-0.15, -0.1) is 5.10 Å². The number of hydrogen-bond acceptors (Lipinski definition) is 4. The molecular formula is C19H21N5O. The van der Waals surface area contributed by atoms with E-state index in [2.05, 4.69) is 21.7 Å². The number of benzene rings is 2. The largest absolute Gasteiger partial charge is 0.312 e. The molecule has 1 fully saturated rings. The highest BCUT2D eigenvalue weighted by Gasteiger charge is 2.20. The highest BCUT2D eigenvalue weighted by atomic mass is 16.2. The van der Waals surface area contributed by atoms with Crippen molar-refractivity contribution in [2.75, 3.05) is 18.5 Å². The zero-order valence-corrected chi connectivity index (χ0v) is 14.2. The fourth-order valence-electron chi connectivity index (χ4n) is 3.30. The molecule has 0 spiro atoms. The van der Waals surface area contributed by atoms with Crippen LogP contribution in [0, 0.1) is 0 Å². The lowest BCUT2D eigenvalue weighted by Gasteiger charge is -2.16. The lowest BCUT2D eigenvalue weighted by molar-refractivity contribution is 0.0988. The predicted octanol–water partition coefficient (Wildman–Crippen LogP) is 2.46. The lowest BCUT2D eigenvalue weighted by Crippen LogP contribution is -2.27. The highest BCUT2D eigenvalue weighted by Crippen LogP contribution is 2.22. The molecule has 0 aliphatic carbocycles. The molecular weight excluding hydrogens is 314 g/mol. The lowest BCUT2D eigenvalue weighted by atomic mass is 10.1. The Hall–Kier alpha value is -2.73. The molecule has 0 saturated carbocycles. The summed E-state index contributed by atoms with van der Waals surface area (Å²) in [4.78, 5) is 14.3. The fourth-order valence-corrected chi connectivity index (χ4v) is 3.30. The van der Waals surface area contributed by atoms with Crippen molar-refractivity contribution >= 4 is 22.4 Å². The van der Waals surface area contributed by atoms with Crippen LogP contribution in [-0.2, 0) is 6.54 Å². The first-order valence-corrected chi connectivity index (χ1v) is 8.61. The second kappa shape index (κ2) is 6.64. The first-order chi connectivity index (χ1) is 12.2. The summed E-state index contributed by atoms with van der Waals surface area (Å²) < 4.78 is 1.75. The molecule has 128 valence electrons. The molecule has 1 N–H and O–H groups in total. The van der Waals surface area contributed by atoms with Gasteiger partial charge in [0.1, 0.15) is 0 Å². The summed E-state index contributed by atoms with van der Waals surface area (Å²) >= 11 is 0. The summed E-state index contributed by atoms with van der Waals surface area (Å²) in [6.07, 6.45) is 4.07. The van der Waals surface area contributed by atoms with Crippen LogP contribution >= 0.6 is 0 Å². The van der Waals surface area contributed by atoms with Gasteiger partial charge in [0, 0.05) is 18.8 Å². The molecule has 4 rings (SSSR count). The Bertz CT molecular complexity index is 897. The van der Waals surface area contributed by atoms with Crippen LogP contribution in [-0.4, -0.2) is 40.5 Å². The van der Waals surface area contributed by atoms with Gasteiger partial charge in [-0.3, -0.25) is 9.48 Å². The van der Waals surface area contributed by atoms with Gasteiger partial charge < -0.3 is 10.2 Å².